The normalized spacial score (nSPS) is 13.0. The van der Waals surface area contributed by atoms with Gasteiger partial charge in [-0.2, -0.15) is 10.4 Å². The molecule has 0 unspecified atom stereocenters. The Morgan fingerprint density at radius 3 is 2.76 bits per heavy atom. The van der Waals surface area contributed by atoms with Crippen LogP contribution in [0.2, 0.25) is 10.0 Å². The number of methoxy groups -OCH3 is 1. The topological polar surface area (TPSA) is 77.6 Å². The number of nitrogens with zero attached hydrogens (tertiary/aromatic N) is 2. The van der Waals surface area contributed by atoms with Crippen LogP contribution in [0.5, 0.6) is 0 Å². The van der Waals surface area contributed by atoms with E-state index in [1.54, 1.807) is 24.3 Å². The lowest BCUT2D eigenvalue weighted by molar-refractivity contribution is -0.0189. The minimum atomic E-state index is -1.37. The van der Waals surface area contributed by atoms with Crippen molar-refractivity contribution in [1.82, 2.24) is 0 Å². The van der Waals surface area contributed by atoms with E-state index in [1.807, 2.05) is 0 Å². The maximum absolute atomic E-state index is 9.23. The Labute approximate surface area is 108 Å². The maximum Gasteiger partial charge on any atom is 0.210 e. The number of aliphatic hydroxyl groups excluding tert-OH is 1. The van der Waals surface area contributed by atoms with Crippen molar-refractivity contribution in [2.24, 2.45) is 5.10 Å². The van der Waals surface area contributed by atoms with Crippen LogP contribution >= 0.6 is 23.2 Å². The van der Waals surface area contributed by atoms with Gasteiger partial charge in [0.05, 0.1) is 15.7 Å². The molecule has 0 fully saturated rings. The van der Waals surface area contributed by atoms with Gasteiger partial charge in [-0.25, -0.2) is 0 Å². The molecule has 17 heavy (non-hydrogen) atoms. The van der Waals surface area contributed by atoms with Gasteiger partial charge < -0.3 is 9.84 Å². The molecule has 2 N–H and O–H groups in total. The van der Waals surface area contributed by atoms with Crippen molar-refractivity contribution in [1.29, 1.82) is 5.26 Å². The van der Waals surface area contributed by atoms with Gasteiger partial charge in [0.25, 0.3) is 0 Å². The number of anilines is 1. The Kier molecular flexibility index (Phi) is 5.19. The van der Waals surface area contributed by atoms with E-state index in [4.69, 9.17) is 28.5 Å². The van der Waals surface area contributed by atoms with Gasteiger partial charge in [-0.3, -0.25) is 5.43 Å². The van der Waals surface area contributed by atoms with Gasteiger partial charge in [0.15, 0.2) is 5.71 Å². The van der Waals surface area contributed by atoms with E-state index in [9.17, 15) is 5.11 Å². The van der Waals surface area contributed by atoms with E-state index in [-0.39, 0.29) is 5.71 Å². The van der Waals surface area contributed by atoms with Crippen LogP contribution in [0, 0.1) is 11.3 Å². The fourth-order valence-electron chi connectivity index (χ4n) is 0.938. The van der Waals surface area contributed by atoms with Gasteiger partial charge in [0.2, 0.25) is 6.29 Å². The first-order chi connectivity index (χ1) is 8.08. The van der Waals surface area contributed by atoms with Crippen molar-refractivity contribution in [2.75, 3.05) is 12.5 Å². The molecule has 1 rings (SSSR count). The van der Waals surface area contributed by atoms with Crippen LogP contribution in [0.1, 0.15) is 0 Å². The van der Waals surface area contributed by atoms with Gasteiger partial charge in [0, 0.05) is 7.11 Å². The highest BCUT2D eigenvalue weighted by Crippen LogP contribution is 2.24. The van der Waals surface area contributed by atoms with Gasteiger partial charge in [0.1, 0.15) is 6.07 Å². The van der Waals surface area contributed by atoms with Crippen LogP contribution in [0.4, 0.5) is 5.69 Å². The minimum Gasteiger partial charge on any atom is -0.362 e. The molecule has 0 bridgehead atoms. The highest BCUT2D eigenvalue weighted by Gasteiger charge is 2.10. The summed E-state index contributed by atoms with van der Waals surface area (Å²) in [6.45, 7) is 0. The predicted molar refractivity (Wildman–Crippen MR) is 66.1 cm³/mol. The number of hydrogen-bond donors (Lipinski definition) is 2. The van der Waals surface area contributed by atoms with Crippen molar-refractivity contribution >= 4 is 34.6 Å². The number of nitriles is 1. The first kappa shape index (κ1) is 13.7. The van der Waals surface area contributed by atoms with Crippen molar-refractivity contribution in [3.05, 3.63) is 28.2 Å². The Morgan fingerprint density at radius 2 is 2.24 bits per heavy atom. The third-order valence-corrected chi connectivity index (χ3v) is 2.54. The highest BCUT2D eigenvalue weighted by atomic mass is 35.5. The number of halogens is 2. The van der Waals surface area contributed by atoms with Gasteiger partial charge in [-0.05, 0) is 18.2 Å². The lowest BCUT2D eigenvalue weighted by atomic mass is 10.3. The van der Waals surface area contributed by atoms with Crippen LogP contribution in [0.25, 0.3) is 0 Å². The summed E-state index contributed by atoms with van der Waals surface area (Å²) in [7, 11) is 1.26. The second-order valence-corrected chi connectivity index (χ2v) is 3.75. The third-order valence-electron chi connectivity index (χ3n) is 1.80. The average molecular weight is 274 g/mol. The van der Waals surface area contributed by atoms with E-state index in [2.05, 4.69) is 15.3 Å². The number of ether oxygens (including phenoxy) is 1. The molecule has 0 radical (unpaired) electrons. The fraction of sp³-hybridized carbons (Fsp3) is 0.200. The quantitative estimate of drug-likeness (QED) is 0.501. The second-order valence-electron chi connectivity index (χ2n) is 2.94. The number of rotatable bonds is 4. The molecule has 0 aliphatic rings. The molecule has 0 spiro atoms. The Morgan fingerprint density at radius 1 is 1.53 bits per heavy atom. The summed E-state index contributed by atoms with van der Waals surface area (Å²) in [4.78, 5) is 0. The highest BCUT2D eigenvalue weighted by molar-refractivity contribution is 6.42. The molecular formula is C10H9Cl2N3O2. The molecule has 0 saturated carbocycles. The average Bonchev–Trinajstić information content (AvgIpc) is 2.33. The molecule has 1 atom stereocenters. The zero-order valence-corrected chi connectivity index (χ0v) is 10.3. The third kappa shape index (κ3) is 3.88. The molecule has 0 aliphatic carbocycles. The van der Waals surface area contributed by atoms with E-state index >= 15 is 0 Å². The number of hydrazone groups is 1. The van der Waals surface area contributed by atoms with Crippen molar-refractivity contribution in [3.8, 4) is 6.07 Å². The summed E-state index contributed by atoms with van der Waals surface area (Å²) in [5.74, 6) is 0. The van der Waals surface area contributed by atoms with E-state index < -0.39 is 6.29 Å². The molecule has 0 saturated heterocycles. The molecule has 5 nitrogen and oxygen atoms in total. The van der Waals surface area contributed by atoms with Crippen molar-refractivity contribution in [2.45, 2.75) is 6.29 Å². The molecule has 1 aromatic carbocycles. The predicted octanol–water partition coefficient (Wildman–Crippen LogP) is 2.25. The summed E-state index contributed by atoms with van der Waals surface area (Å²) >= 11 is 11.5. The van der Waals surface area contributed by atoms with E-state index in [1.165, 1.54) is 7.11 Å². The molecule has 0 amide bonds. The minimum absolute atomic E-state index is 0.196. The summed E-state index contributed by atoms with van der Waals surface area (Å²) < 4.78 is 4.55. The van der Waals surface area contributed by atoms with E-state index in [0.717, 1.165) is 0 Å². The smallest absolute Gasteiger partial charge is 0.210 e. The molecule has 0 heterocycles. The van der Waals surface area contributed by atoms with E-state index in [0.29, 0.717) is 15.7 Å². The maximum atomic E-state index is 9.23. The summed E-state index contributed by atoms with van der Waals surface area (Å²) in [5, 5.41) is 22.4. The summed E-state index contributed by atoms with van der Waals surface area (Å²) in [6.07, 6.45) is -1.37. The Hall–Kier alpha value is -1.32. The largest absolute Gasteiger partial charge is 0.362 e. The molecular weight excluding hydrogens is 265 g/mol. The van der Waals surface area contributed by atoms with Crippen LogP contribution in [0.3, 0.4) is 0 Å². The van der Waals surface area contributed by atoms with Crippen LogP contribution in [-0.2, 0) is 4.74 Å². The first-order valence-corrected chi connectivity index (χ1v) is 5.23. The molecule has 7 heteroatoms. The van der Waals surface area contributed by atoms with Gasteiger partial charge >= 0.3 is 0 Å². The Balaban J connectivity index is 2.81. The number of aliphatic hydroxyl groups is 1. The molecule has 0 aromatic heterocycles. The van der Waals surface area contributed by atoms with Gasteiger partial charge in [-0.1, -0.05) is 23.2 Å². The Bertz CT molecular complexity index is 471. The van der Waals surface area contributed by atoms with Crippen LogP contribution < -0.4 is 5.43 Å². The number of hydrogen-bond acceptors (Lipinski definition) is 5. The monoisotopic (exact) mass is 273 g/mol. The summed E-state index contributed by atoms with van der Waals surface area (Å²) in [5.41, 5.74) is 2.90. The lowest BCUT2D eigenvalue weighted by Crippen LogP contribution is -2.21. The number of benzene rings is 1. The number of nitrogens with one attached hydrogen (secondary N) is 1. The summed E-state index contributed by atoms with van der Waals surface area (Å²) in [6, 6.07) is 6.46. The molecule has 90 valence electrons. The zero-order chi connectivity index (χ0) is 12.8. The zero-order valence-electron chi connectivity index (χ0n) is 8.82. The van der Waals surface area contributed by atoms with Crippen LogP contribution in [0.15, 0.2) is 23.3 Å². The van der Waals surface area contributed by atoms with Crippen molar-refractivity contribution in [3.63, 3.8) is 0 Å². The van der Waals surface area contributed by atoms with Crippen LogP contribution in [-0.4, -0.2) is 24.2 Å². The van der Waals surface area contributed by atoms with Crippen molar-refractivity contribution < 1.29 is 9.84 Å². The fourth-order valence-corrected chi connectivity index (χ4v) is 1.24. The molecule has 0 aliphatic heterocycles. The van der Waals surface area contributed by atoms with Gasteiger partial charge in [-0.15, -0.1) is 0 Å². The second kappa shape index (κ2) is 6.42. The first-order valence-electron chi connectivity index (χ1n) is 4.48. The SMILES string of the molecule is CO[C@@H](O)/C(C#N)=N\Nc1ccc(Cl)c(Cl)c1. The standard InChI is InChI=1S/C10H9Cl2N3O2/c1-17-10(16)9(5-13)15-14-6-2-3-7(11)8(12)4-6/h2-4,10,14,16H,1H3/b15-9-/t10-/m1/s1. The lowest BCUT2D eigenvalue weighted by Gasteiger charge is -2.06. The molecule has 1 aromatic rings.